The smallest absolute Gasteiger partial charge is 0.244 e. The second-order valence-electron chi connectivity index (χ2n) is 10.5. The van der Waals surface area contributed by atoms with E-state index in [0.29, 0.717) is 0 Å². The number of amides is 3. The van der Waals surface area contributed by atoms with E-state index >= 15 is 0 Å². The van der Waals surface area contributed by atoms with Crippen LogP contribution in [-0.4, -0.2) is 79.3 Å². The van der Waals surface area contributed by atoms with Crippen LogP contribution in [0.1, 0.15) is 38.5 Å². The molecule has 1 aliphatic carbocycles. The second kappa shape index (κ2) is 8.92. The molecule has 2 atom stereocenters. The number of allylic oxidation sites excluding steroid dienone is 1. The Balaban J connectivity index is 1.26. The van der Waals surface area contributed by atoms with Gasteiger partial charge in [0.25, 0.3) is 0 Å². The Labute approximate surface area is 210 Å². The molecule has 5 aliphatic rings. The summed E-state index contributed by atoms with van der Waals surface area (Å²) in [6, 6.07) is 8.40. The largest absolute Gasteiger partial charge is 0.369 e. The number of rotatable bonds is 4. The fourth-order valence-corrected chi connectivity index (χ4v) is 6.27. The molecule has 1 aromatic carbocycles. The van der Waals surface area contributed by atoms with Crippen molar-refractivity contribution in [1.82, 2.24) is 20.4 Å². The summed E-state index contributed by atoms with van der Waals surface area (Å²) in [6.45, 7) is 3.98. The van der Waals surface area contributed by atoms with Crippen molar-refractivity contribution in [3.05, 3.63) is 35.7 Å². The number of imide groups is 1. The molecule has 2 unspecified atom stereocenters. The molecule has 0 aromatic heterocycles. The Morgan fingerprint density at radius 2 is 1.75 bits per heavy atom. The van der Waals surface area contributed by atoms with Gasteiger partial charge in [0.05, 0.1) is 6.42 Å². The quantitative estimate of drug-likeness (QED) is 0.429. The van der Waals surface area contributed by atoms with Gasteiger partial charge < -0.3 is 20.4 Å². The van der Waals surface area contributed by atoms with Crippen molar-refractivity contribution in [3.63, 3.8) is 0 Å². The van der Waals surface area contributed by atoms with Crippen LogP contribution in [0.25, 0.3) is 0 Å². The lowest BCUT2D eigenvalue weighted by Gasteiger charge is -2.48. The molecule has 1 saturated carbocycles. The fourth-order valence-electron chi connectivity index (χ4n) is 6.27. The van der Waals surface area contributed by atoms with Crippen LogP contribution < -0.4 is 20.9 Å². The third kappa shape index (κ3) is 3.75. The summed E-state index contributed by atoms with van der Waals surface area (Å²) < 4.78 is 0. The predicted octanol–water partition coefficient (Wildman–Crippen LogP) is 1.23. The van der Waals surface area contributed by atoms with Crippen LogP contribution in [-0.2, 0) is 14.4 Å². The van der Waals surface area contributed by atoms with Gasteiger partial charge in [-0.15, -0.1) is 0 Å². The Hall–Kier alpha value is -3.40. The van der Waals surface area contributed by atoms with Crippen molar-refractivity contribution in [1.29, 1.82) is 0 Å². The summed E-state index contributed by atoms with van der Waals surface area (Å²) in [5.74, 6) is -0.311. The maximum absolute atomic E-state index is 13.9. The normalized spacial score (nSPS) is 28.9. The summed E-state index contributed by atoms with van der Waals surface area (Å²) in [6.07, 6.45) is 5.38. The van der Waals surface area contributed by atoms with Gasteiger partial charge in [0.2, 0.25) is 17.7 Å². The Kier molecular flexibility index (Phi) is 5.70. The molecule has 0 radical (unpaired) electrons. The van der Waals surface area contributed by atoms with Crippen LogP contribution in [0.15, 0.2) is 40.7 Å². The molecular formula is C26H33N7O3. The molecule has 10 heteroatoms. The minimum atomic E-state index is -1.36. The highest BCUT2D eigenvalue weighted by Crippen LogP contribution is 2.46. The molecule has 36 heavy (non-hydrogen) atoms. The highest BCUT2D eigenvalue weighted by molar-refractivity contribution is 6.19. The van der Waals surface area contributed by atoms with E-state index in [1.807, 2.05) is 16.8 Å². The SMILES string of the molecule is CN1C2=C(C=NC1Nc1ccc(N3CCNCC3)cc1)CC1(CC(=O)NC1=O)C(=O)N2C1CCCC1. The number of piperazine rings is 1. The molecule has 3 amide bonds. The molecular weight excluding hydrogens is 458 g/mol. The van der Waals surface area contributed by atoms with Crippen molar-refractivity contribution in [2.45, 2.75) is 50.9 Å². The molecule has 3 N–H and O–H groups in total. The molecule has 6 rings (SSSR count). The van der Waals surface area contributed by atoms with Crippen LogP contribution in [0.5, 0.6) is 0 Å². The third-order valence-corrected chi connectivity index (χ3v) is 8.19. The van der Waals surface area contributed by atoms with E-state index in [9.17, 15) is 14.4 Å². The van der Waals surface area contributed by atoms with Crippen molar-refractivity contribution >= 4 is 35.3 Å². The zero-order valence-electron chi connectivity index (χ0n) is 20.6. The average molecular weight is 492 g/mol. The molecule has 4 aliphatic heterocycles. The topological polar surface area (TPSA) is 109 Å². The zero-order valence-corrected chi connectivity index (χ0v) is 20.6. The minimum Gasteiger partial charge on any atom is -0.369 e. The predicted molar refractivity (Wildman–Crippen MR) is 136 cm³/mol. The first-order valence-electron chi connectivity index (χ1n) is 13.0. The van der Waals surface area contributed by atoms with Crippen LogP contribution >= 0.6 is 0 Å². The van der Waals surface area contributed by atoms with E-state index in [4.69, 9.17) is 4.99 Å². The van der Waals surface area contributed by atoms with Gasteiger partial charge in [0, 0.05) is 68.9 Å². The summed E-state index contributed by atoms with van der Waals surface area (Å²) in [4.78, 5) is 49.8. The molecule has 4 heterocycles. The zero-order chi connectivity index (χ0) is 24.9. The maximum atomic E-state index is 13.9. The van der Waals surface area contributed by atoms with E-state index in [0.717, 1.165) is 68.9 Å². The van der Waals surface area contributed by atoms with Crippen molar-refractivity contribution in [3.8, 4) is 0 Å². The standard InChI is InChI=1S/C26H33N7O3/c1-31-22-17(14-26(15-21(34)30-23(26)35)24(36)33(22)20-4-2-3-5-20)16-28-25(31)29-18-6-8-19(9-7-18)32-12-10-27-11-13-32/h6-9,16,20,25,27,29H,2-5,10-15H2,1H3,(H,30,34,35). The van der Waals surface area contributed by atoms with Crippen LogP contribution in [0, 0.1) is 5.41 Å². The monoisotopic (exact) mass is 491 g/mol. The van der Waals surface area contributed by atoms with Gasteiger partial charge in [-0.05, 0) is 37.1 Å². The highest BCUT2D eigenvalue weighted by atomic mass is 16.2. The van der Waals surface area contributed by atoms with Gasteiger partial charge in [0.15, 0.2) is 6.29 Å². The number of aliphatic imine (C=N–C) groups is 1. The maximum Gasteiger partial charge on any atom is 0.244 e. The number of benzene rings is 1. The van der Waals surface area contributed by atoms with E-state index in [-0.39, 0.29) is 30.7 Å². The number of nitrogens with one attached hydrogen (secondary N) is 3. The summed E-state index contributed by atoms with van der Waals surface area (Å²) in [7, 11) is 1.94. The first-order valence-corrected chi connectivity index (χ1v) is 13.0. The van der Waals surface area contributed by atoms with E-state index < -0.39 is 17.6 Å². The average Bonchev–Trinajstić information content (AvgIpc) is 3.51. The summed E-state index contributed by atoms with van der Waals surface area (Å²) in [5.41, 5.74) is 1.62. The molecule has 3 fully saturated rings. The van der Waals surface area contributed by atoms with Gasteiger partial charge in [-0.2, -0.15) is 0 Å². The third-order valence-electron chi connectivity index (χ3n) is 8.19. The van der Waals surface area contributed by atoms with Crippen LogP contribution in [0.3, 0.4) is 0 Å². The molecule has 10 nitrogen and oxygen atoms in total. The Morgan fingerprint density at radius 3 is 2.42 bits per heavy atom. The number of carbonyl (C=O) groups excluding carboxylic acids is 3. The van der Waals surface area contributed by atoms with E-state index in [2.05, 4.69) is 45.1 Å². The highest BCUT2D eigenvalue weighted by Gasteiger charge is 2.59. The number of nitrogens with zero attached hydrogens (tertiary/aromatic N) is 4. The van der Waals surface area contributed by atoms with Crippen LogP contribution in [0.2, 0.25) is 0 Å². The number of hydrogen-bond acceptors (Lipinski definition) is 8. The van der Waals surface area contributed by atoms with E-state index in [1.54, 1.807) is 6.21 Å². The number of anilines is 2. The van der Waals surface area contributed by atoms with Gasteiger partial charge in [-0.1, -0.05) is 12.8 Å². The summed E-state index contributed by atoms with van der Waals surface area (Å²) in [5, 5.41) is 9.24. The first kappa shape index (κ1) is 23.0. The minimum absolute atomic E-state index is 0.0242. The molecule has 1 spiro atoms. The van der Waals surface area contributed by atoms with Gasteiger partial charge in [-0.25, -0.2) is 4.99 Å². The molecule has 0 bridgehead atoms. The lowest BCUT2D eigenvalue weighted by molar-refractivity contribution is -0.151. The molecule has 190 valence electrons. The van der Waals surface area contributed by atoms with Gasteiger partial charge in [-0.3, -0.25) is 24.6 Å². The number of carbonyl (C=O) groups is 3. The van der Waals surface area contributed by atoms with Crippen LogP contribution in [0.4, 0.5) is 11.4 Å². The Bertz CT molecular complexity index is 1130. The second-order valence-corrected chi connectivity index (χ2v) is 10.5. The van der Waals surface area contributed by atoms with Gasteiger partial charge >= 0.3 is 0 Å². The lowest BCUT2D eigenvalue weighted by Crippen LogP contribution is -2.59. The lowest BCUT2D eigenvalue weighted by atomic mass is 9.75. The molecule has 2 saturated heterocycles. The number of hydrogen-bond donors (Lipinski definition) is 3. The van der Waals surface area contributed by atoms with Crippen molar-refractivity contribution in [2.24, 2.45) is 10.4 Å². The fraction of sp³-hybridized carbons (Fsp3) is 0.538. The Morgan fingerprint density at radius 1 is 1.03 bits per heavy atom. The molecule has 1 aromatic rings. The van der Waals surface area contributed by atoms with Crippen molar-refractivity contribution < 1.29 is 14.4 Å². The first-order chi connectivity index (χ1) is 17.5. The van der Waals surface area contributed by atoms with E-state index in [1.165, 1.54) is 5.69 Å². The van der Waals surface area contributed by atoms with Gasteiger partial charge in [0.1, 0.15) is 11.2 Å². The summed E-state index contributed by atoms with van der Waals surface area (Å²) >= 11 is 0. The van der Waals surface area contributed by atoms with Crippen molar-refractivity contribution in [2.75, 3.05) is 43.4 Å².